The van der Waals surface area contributed by atoms with Crippen LogP contribution >= 0.6 is 0 Å². The Kier molecular flexibility index (Phi) is 6.98. The third kappa shape index (κ3) is 5.84. The second kappa shape index (κ2) is 9.50. The van der Waals surface area contributed by atoms with Gasteiger partial charge in [0.25, 0.3) is 5.56 Å². The SMILES string of the molecule is CO[C@H]1CN(CCn2c(=O)ccc3ccc(C#N)cc32)CC[C@H]1NC(=O)OC(C)(C)C. The third-order valence-electron chi connectivity index (χ3n) is 5.41. The van der Waals surface area contributed by atoms with Gasteiger partial charge in [0, 0.05) is 39.4 Å². The Morgan fingerprint density at radius 1 is 1.26 bits per heavy atom. The van der Waals surface area contributed by atoms with Gasteiger partial charge in [0.1, 0.15) is 5.60 Å². The fraction of sp³-hybridized carbons (Fsp3) is 0.522. The minimum absolute atomic E-state index is 0.0904. The largest absolute Gasteiger partial charge is 0.444 e. The van der Waals surface area contributed by atoms with Crippen LogP contribution in [0.4, 0.5) is 4.79 Å². The Hall–Kier alpha value is -2.89. The van der Waals surface area contributed by atoms with E-state index in [1.165, 1.54) is 0 Å². The van der Waals surface area contributed by atoms with Crippen molar-refractivity contribution in [2.24, 2.45) is 0 Å². The molecule has 1 aliphatic heterocycles. The van der Waals surface area contributed by atoms with Crippen molar-refractivity contribution < 1.29 is 14.3 Å². The topological polar surface area (TPSA) is 96.6 Å². The summed E-state index contributed by atoms with van der Waals surface area (Å²) >= 11 is 0. The van der Waals surface area contributed by atoms with Gasteiger partial charge in [-0.1, -0.05) is 6.07 Å². The molecule has 0 radical (unpaired) electrons. The monoisotopic (exact) mass is 426 g/mol. The summed E-state index contributed by atoms with van der Waals surface area (Å²) in [7, 11) is 1.64. The predicted octanol–water partition coefficient (Wildman–Crippen LogP) is 2.49. The van der Waals surface area contributed by atoms with E-state index in [0.29, 0.717) is 25.2 Å². The molecule has 8 nitrogen and oxygen atoms in total. The van der Waals surface area contributed by atoms with Crippen LogP contribution in [0.25, 0.3) is 10.9 Å². The second-order valence-corrected chi connectivity index (χ2v) is 8.82. The van der Waals surface area contributed by atoms with Crippen molar-refractivity contribution in [1.82, 2.24) is 14.8 Å². The number of carbonyl (C=O) groups is 1. The maximum Gasteiger partial charge on any atom is 0.407 e. The van der Waals surface area contributed by atoms with Gasteiger partial charge in [-0.2, -0.15) is 5.26 Å². The first-order valence-electron chi connectivity index (χ1n) is 10.5. The molecule has 166 valence electrons. The summed E-state index contributed by atoms with van der Waals surface area (Å²) in [4.78, 5) is 26.8. The number of nitrogens with zero attached hydrogens (tertiary/aromatic N) is 3. The molecule has 3 rings (SSSR count). The van der Waals surface area contributed by atoms with Crippen molar-refractivity contribution in [3.8, 4) is 6.07 Å². The minimum Gasteiger partial charge on any atom is -0.444 e. The molecule has 1 aromatic carbocycles. The number of aromatic nitrogens is 1. The molecular formula is C23H30N4O4. The third-order valence-corrected chi connectivity index (χ3v) is 5.41. The number of nitrogens with one attached hydrogen (secondary N) is 1. The number of piperidine rings is 1. The summed E-state index contributed by atoms with van der Waals surface area (Å²) in [5.74, 6) is 0. The van der Waals surface area contributed by atoms with E-state index in [1.54, 1.807) is 35.9 Å². The van der Waals surface area contributed by atoms with Gasteiger partial charge in [-0.25, -0.2) is 4.79 Å². The summed E-state index contributed by atoms with van der Waals surface area (Å²) in [6.45, 7) is 8.07. The number of amides is 1. The average Bonchev–Trinajstić information content (AvgIpc) is 2.72. The lowest BCUT2D eigenvalue weighted by atomic mass is 10.0. The number of alkyl carbamates (subject to hydrolysis) is 1. The maximum atomic E-state index is 12.5. The van der Waals surface area contributed by atoms with Crippen molar-refractivity contribution in [1.29, 1.82) is 5.26 Å². The minimum atomic E-state index is -0.551. The molecule has 1 N–H and O–H groups in total. The van der Waals surface area contributed by atoms with Crippen molar-refractivity contribution in [2.75, 3.05) is 26.7 Å². The number of nitriles is 1. The fourth-order valence-electron chi connectivity index (χ4n) is 3.88. The van der Waals surface area contributed by atoms with E-state index in [4.69, 9.17) is 9.47 Å². The summed E-state index contributed by atoms with van der Waals surface area (Å²) in [6.07, 6.45) is 0.111. The number of pyridine rings is 1. The fourth-order valence-corrected chi connectivity index (χ4v) is 3.88. The Bertz CT molecular complexity index is 1030. The Labute approximate surface area is 182 Å². The highest BCUT2D eigenvalue weighted by Crippen LogP contribution is 2.17. The van der Waals surface area contributed by atoms with E-state index in [0.717, 1.165) is 23.9 Å². The van der Waals surface area contributed by atoms with Gasteiger partial charge in [0.05, 0.1) is 29.3 Å². The number of rotatable bonds is 5. The number of hydrogen-bond acceptors (Lipinski definition) is 6. The molecule has 0 unspecified atom stereocenters. The number of methoxy groups -OCH3 is 1. The normalized spacial score (nSPS) is 19.7. The summed E-state index contributed by atoms with van der Waals surface area (Å²) < 4.78 is 12.7. The van der Waals surface area contributed by atoms with Gasteiger partial charge in [0.2, 0.25) is 0 Å². The van der Waals surface area contributed by atoms with Crippen molar-refractivity contribution in [3.05, 3.63) is 46.2 Å². The van der Waals surface area contributed by atoms with Gasteiger partial charge in [-0.15, -0.1) is 0 Å². The molecule has 8 heteroatoms. The molecule has 1 aromatic heterocycles. The van der Waals surface area contributed by atoms with Crippen LogP contribution in [0.3, 0.4) is 0 Å². The zero-order chi connectivity index (χ0) is 22.6. The lowest BCUT2D eigenvalue weighted by Gasteiger charge is -2.38. The number of fused-ring (bicyclic) bond motifs is 1. The highest BCUT2D eigenvalue weighted by molar-refractivity contribution is 5.80. The standard InChI is InChI=1S/C23H30N4O4/c1-23(2,3)31-22(29)25-18-9-10-26(15-20(18)30-4)11-12-27-19-13-16(14-24)5-6-17(19)7-8-21(27)28/h5-8,13,18,20H,9-12,15H2,1-4H3,(H,25,29)/t18-,20+/m1/s1. The predicted molar refractivity (Wildman–Crippen MR) is 118 cm³/mol. The van der Waals surface area contributed by atoms with Gasteiger partial charge in [-0.05, 0) is 50.8 Å². The maximum absolute atomic E-state index is 12.5. The summed E-state index contributed by atoms with van der Waals surface area (Å²) in [5, 5.41) is 13.0. The number of carbonyl (C=O) groups excluding carboxylic acids is 1. The van der Waals surface area contributed by atoms with Crippen LogP contribution in [-0.4, -0.2) is 60.1 Å². The Balaban J connectivity index is 1.65. The number of benzene rings is 1. The molecule has 0 saturated carbocycles. The van der Waals surface area contributed by atoms with Crippen molar-refractivity contribution in [2.45, 2.75) is 51.5 Å². The van der Waals surface area contributed by atoms with E-state index in [9.17, 15) is 14.9 Å². The Morgan fingerprint density at radius 2 is 2.00 bits per heavy atom. The highest BCUT2D eigenvalue weighted by atomic mass is 16.6. The number of likely N-dealkylation sites (tertiary alicyclic amines) is 1. The molecule has 0 spiro atoms. The number of hydrogen-bond donors (Lipinski definition) is 1. The molecule has 2 atom stereocenters. The van der Waals surface area contributed by atoms with Crippen LogP contribution in [0.1, 0.15) is 32.8 Å². The highest BCUT2D eigenvalue weighted by Gasteiger charge is 2.31. The first kappa shape index (κ1) is 22.8. The zero-order valence-corrected chi connectivity index (χ0v) is 18.6. The molecule has 1 fully saturated rings. The van der Waals surface area contributed by atoms with E-state index in [-0.39, 0.29) is 17.7 Å². The zero-order valence-electron chi connectivity index (χ0n) is 18.6. The number of ether oxygens (including phenoxy) is 2. The molecule has 31 heavy (non-hydrogen) atoms. The second-order valence-electron chi connectivity index (χ2n) is 8.82. The van der Waals surface area contributed by atoms with Crippen molar-refractivity contribution in [3.63, 3.8) is 0 Å². The molecule has 1 aliphatic rings. The van der Waals surface area contributed by atoms with E-state index in [1.807, 2.05) is 26.8 Å². The first-order valence-corrected chi connectivity index (χ1v) is 10.5. The summed E-state index contributed by atoms with van der Waals surface area (Å²) in [5.41, 5.74) is 0.647. The van der Waals surface area contributed by atoms with Crippen LogP contribution in [0, 0.1) is 11.3 Å². The van der Waals surface area contributed by atoms with E-state index >= 15 is 0 Å². The molecule has 2 heterocycles. The molecule has 0 aliphatic carbocycles. The Morgan fingerprint density at radius 3 is 2.68 bits per heavy atom. The smallest absolute Gasteiger partial charge is 0.407 e. The van der Waals surface area contributed by atoms with Crippen LogP contribution in [0.15, 0.2) is 35.1 Å². The van der Waals surface area contributed by atoms with Crippen LogP contribution in [0.5, 0.6) is 0 Å². The van der Waals surface area contributed by atoms with Crippen LogP contribution in [-0.2, 0) is 16.0 Å². The molecule has 0 bridgehead atoms. The van der Waals surface area contributed by atoms with Gasteiger partial charge >= 0.3 is 6.09 Å². The summed E-state index contributed by atoms with van der Waals surface area (Å²) in [6, 6.07) is 10.7. The van der Waals surface area contributed by atoms with Crippen LogP contribution in [0.2, 0.25) is 0 Å². The first-order chi connectivity index (χ1) is 14.7. The van der Waals surface area contributed by atoms with E-state index < -0.39 is 11.7 Å². The molecule has 1 amide bonds. The lowest BCUT2D eigenvalue weighted by Crippen LogP contribution is -2.55. The van der Waals surface area contributed by atoms with Gasteiger partial charge in [-0.3, -0.25) is 9.69 Å². The van der Waals surface area contributed by atoms with E-state index in [2.05, 4.69) is 16.3 Å². The van der Waals surface area contributed by atoms with Crippen LogP contribution < -0.4 is 10.9 Å². The van der Waals surface area contributed by atoms with Crippen molar-refractivity contribution >= 4 is 17.0 Å². The quantitative estimate of drug-likeness (QED) is 0.789. The van der Waals surface area contributed by atoms with Gasteiger partial charge < -0.3 is 19.4 Å². The molecule has 1 saturated heterocycles. The van der Waals surface area contributed by atoms with Gasteiger partial charge in [0.15, 0.2) is 0 Å². The molecular weight excluding hydrogens is 396 g/mol. The average molecular weight is 427 g/mol. The molecule has 2 aromatic rings. The lowest BCUT2D eigenvalue weighted by molar-refractivity contribution is -0.00306.